The Kier molecular flexibility index (Phi) is 5.74. The fourth-order valence-electron chi connectivity index (χ4n) is 2.44. The summed E-state index contributed by atoms with van der Waals surface area (Å²) in [5.41, 5.74) is 0.879. The van der Waals surface area contributed by atoms with E-state index in [1.807, 2.05) is 31.2 Å². The Morgan fingerprint density at radius 3 is 2.16 bits per heavy atom. The van der Waals surface area contributed by atoms with E-state index in [-0.39, 0.29) is 6.54 Å². The quantitative estimate of drug-likeness (QED) is 0.539. The van der Waals surface area contributed by atoms with Gasteiger partial charge in [-0.1, -0.05) is 12.1 Å². The Bertz CT molecular complexity index is 686. The predicted octanol–water partition coefficient (Wildman–Crippen LogP) is 0.854. The van der Waals surface area contributed by atoms with Gasteiger partial charge in [0.15, 0.2) is 0 Å². The van der Waals surface area contributed by atoms with E-state index in [0.717, 1.165) is 16.2 Å². The number of nitrogens with zero attached hydrogens (tertiary/aromatic N) is 3. The van der Waals surface area contributed by atoms with Crippen LogP contribution < -0.4 is 4.74 Å². The maximum absolute atomic E-state index is 12.3. The number of benzene rings is 1. The number of likely N-dealkylation sites (N-methyl/N-ethyl adjacent to an activating group) is 2. The van der Waals surface area contributed by atoms with Crippen LogP contribution in [0.2, 0.25) is 0 Å². The molecule has 2 rings (SSSR count). The van der Waals surface area contributed by atoms with Gasteiger partial charge in [0.05, 0.1) is 6.61 Å². The van der Waals surface area contributed by atoms with Gasteiger partial charge in [-0.15, -0.1) is 0 Å². The third kappa shape index (κ3) is 3.96. The van der Waals surface area contributed by atoms with Gasteiger partial charge in [-0.25, -0.2) is 9.69 Å². The van der Waals surface area contributed by atoms with Gasteiger partial charge >= 0.3 is 17.8 Å². The molecule has 1 aliphatic rings. The zero-order valence-corrected chi connectivity index (χ0v) is 14.5. The van der Waals surface area contributed by atoms with E-state index in [0.29, 0.717) is 18.1 Å². The minimum atomic E-state index is -0.963. The van der Waals surface area contributed by atoms with E-state index in [1.54, 1.807) is 14.0 Å². The van der Waals surface area contributed by atoms with Crippen molar-refractivity contribution in [3.63, 3.8) is 0 Å². The maximum atomic E-state index is 12.3. The van der Waals surface area contributed by atoms with E-state index in [9.17, 15) is 19.2 Å². The SMILES string of the molecule is CCOc1ccc(CN(C)C(=O)CN2C(=O)C(=O)N(CC)C2=O)cc1. The highest BCUT2D eigenvalue weighted by Crippen LogP contribution is 2.15. The molecule has 25 heavy (non-hydrogen) atoms. The van der Waals surface area contributed by atoms with Gasteiger partial charge in [-0.05, 0) is 31.5 Å². The van der Waals surface area contributed by atoms with Crippen LogP contribution in [-0.2, 0) is 20.9 Å². The van der Waals surface area contributed by atoms with Gasteiger partial charge in [0, 0.05) is 20.1 Å². The Balaban J connectivity index is 1.97. The van der Waals surface area contributed by atoms with Crippen molar-refractivity contribution in [2.75, 3.05) is 26.7 Å². The number of urea groups is 1. The summed E-state index contributed by atoms with van der Waals surface area (Å²) < 4.78 is 5.36. The standard InChI is InChI=1S/C17H21N3O5/c1-4-19-15(22)16(23)20(17(19)24)11-14(21)18(3)10-12-6-8-13(9-7-12)25-5-2/h6-9H,4-5,10-11H2,1-3H3. The van der Waals surface area contributed by atoms with Crippen LogP contribution in [0.3, 0.4) is 0 Å². The summed E-state index contributed by atoms with van der Waals surface area (Å²) in [6.45, 7) is 4.01. The van der Waals surface area contributed by atoms with Crippen molar-refractivity contribution in [3.05, 3.63) is 29.8 Å². The zero-order valence-electron chi connectivity index (χ0n) is 14.5. The zero-order chi connectivity index (χ0) is 18.6. The van der Waals surface area contributed by atoms with Crippen LogP contribution in [0.4, 0.5) is 4.79 Å². The van der Waals surface area contributed by atoms with Crippen molar-refractivity contribution < 1.29 is 23.9 Å². The fraction of sp³-hybridized carbons (Fsp3) is 0.412. The molecule has 0 saturated carbocycles. The van der Waals surface area contributed by atoms with E-state index in [4.69, 9.17) is 4.74 Å². The molecule has 0 aliphatic carbocycles. The van der Waals surface area contributed by atoms with Gasteiger partial charge < -0.3 is 9.64 Å². The lowest BCUT2D eigenvalue weighted by atomic mass is 10.2. The molecule has 5 amide bonds. The summed E-state index contributed by atoms with van der Waals surface area (Å²) in [5, 5.41) is 0. The van der Waals surface area contributed by atoms with Crippen LogP contribution in [0, 0.1) is 0 Å². The van der Waals surface area contributed by atoms with Crippen molar-refractivity contribution in [1.82, 2.24) is 14.7 Å². The van der Waals surface area contributed by atoms with E-state index in [2.05, 4.69) is 0 Å². The first-order valence-corrected chi connectivity index (χ1v) is 8.02. The van der Waals surface area contributed by atoms with Crippen molar-refractivity contribution >= 4 is 23.8 Å². The van der Waals surface area contributed by atoms with E-state index in [1.165, 1.54) is 4.90 Å². The maximum Gasteiger partial charge on any atom is 0.334 e. The first-order chi connectivity index (χ1) is 11.9. The highest BCUT2D eigenvalue weighted by molar-refractivity contribution is 6.45. The number of hydrogen-bond donors (Lipinski definition) is 0. The first-order valence-electron chi connectivity index (χ1n) is 8.02. The van der Waals surface area contributed by atoms with E-state index >= 15 is 0 Å². The molecule has 1 fully saturated rings. The number of hydrogen-bond acceptors (Lipinski definition) is 5. The summed E-state index contributed by atoms with van der Waals surface area (Å²) in [6.07, 6.45) is 0. The molecule has 1 saturated heterocycles. The first kappa shape index (κ1) is 18.4. The van der Waals surface area contributed by atoms with Gasteiger partial charge in [0.2, 0.25) is 5.91 Å². The lowest BCUT2D eigenvalue weighted by molar-refractivity contribution is -0.144. The minimum absolute atomic E-state index is 0.0934. The number of rotatable bonds is 7. The lowest BCUT2D eigenvalue weighted by Gasteiger charge is -2.20. The van der Waals surface area contributed by atoms with Gasteiger partial charge in [-0.3, -0.25) is 19.3 Å². The van der Waals surface area contributed by atoms with Crippen LogP contribution in [0.1, 0.15) is 19.4 Å². The minimum Gasteiger partial charge on any atom is -0.494 e. The Morgan fingerprint density at radius 1 is 1.04 bits per heavy atom. The topological polar surface area (TPSA) is 87.2 Å². The number of amides is 5. The molecule has 0 bridgehead atoms. The smallest absolute Gasteiger partial charge is 0.334 e. The molecular weight excluding hydrogens is 326 g/mol. The predicted molar refractivity (Wildman–Crippen MR) is 88.6 cm³/mol. The largest absolute Gasteiger partial charge is 0.494 e. The molecule has 134 valence electrons. The summed E-state index contributed by atoms with van der Waals surface area (Å²) in [7, 11) is 1.57. The van der Waals surface area contributed by atoms with Crippen LogP contribution in [0.5, 0.6) is 5.75 Å². The summed E-state index contributed by atoms with van der Waals surface area (Å²) >= 11 is 0. The molecule has 0 atom stereocenters. The second-order valence-corrected chi connectivity index (χ2v) is 5.55. The molecule has 8 nitrogen and oxygen atoms in total. The van der Waals surface area contributed by atoms with Gasteiger partial charge in [0.25, 0.3) is 0 Å². The average molecular weight is 347 g/mol. The highest BCUT2D eigenvalue weighted by atomic mass is 16.5. The number of carbonyl (C=O) groups is 4. The summed E-state index contributed by atoms with van der Waals surface area (Å²) in [5.74, 6) is -1.54. The normalized spacial score (nSPS) is 14.3. The second kappa shape index (κ2) is 7.78. The van der Waals surface area contributed by atoms with Crippen molar-refractivity contribution in [3.8, 4) is 5.75 Å². The van der Waals surface area contributed by atoms with Crippen molar-refractivity contribution in [2.24, 2.45) is 0 Å². The van der Waals surface area contributed by atoms with Crippen LogP contribution in [0.25, 0.3) is 0 Å². The molecule has 8 heteroatoms. The molecule has 1 aromatic rings. The molecule has 0 unspecified atom stereocenters. The van der Waals surface area contributed by atoms with Crippen LogP contribution >= 0.6 is 0 Å². The molecule has 0 aromatic heterocycles. The Morgan fingerprint density at radius 2 is 1.64 bits per heavy atom. The molecule has 0 N–H and O–H groups in total. The van der Waals surface area contributed by atoms with Crippen molar-refractivity contribution in [1.29, 1.82) is 0 Å². The second-order valence-electron chi connectivity index (χ2n) is 5.55. The summed E-state index contributed by atoms with van der Waals surface area (Å²) in [4.78, 5) is 50.7. The summed E-state index contributed by atoms with van der Waals surface area (Å²) in [6, 6.07) is 6.54. The molecule has 0 radical (unpaired) electrons. The number of carbonyl (C=O) groups excluding carboxylic acids is 4. The van der Waals surface area contributed by atoms with Gasteiger partial charge in [-0.2, -0.15) is 0 Å². The lowest BCUT2D eigenvalue weighted by Crippen LogP contribution is -2.42. The molecule has 1 heterocycles. The molecule has 0 spiro atoms. The van der Waals surface area contributed by atoms with Crippen LogP contribution in [0.15, 0.2) is 24.3 Å². The van der Waals surface area contributed by atoms with Crippen molar-refractivity contribution in [2.45, 2.75) is 20.4 Å². The third-order valence-corrected chi connectivity index (χ3v) is 3.82. The highest BCUT2D eigenvalue weighted by Gasteiger charge is 2.44. The fourth-order valence-corrected chi connectivity index (χ4v) is 2.44. The third-order valence-electron chi connectivity index (χ3n) is 3.82. The molecule has 1 aromatic carbocycles. The molecular formula is C17H21N3O5. The van der Waals surface area contributed by atoms with Crippen LogP contribution in [-0.4, -0.2) is 65.2 Å². The van der Waals surface area contributed by atoms with Gasteiger partial charge in [0.1, 0.15) is 12.3 Å². The average Bonchev–Trinajstić information content (AvgIpc) is 2.80. The monoisotopic (exact) mass is 347 g/mol. The number of ether oxygens (including phenoxy) is 1. The Labute approximate surface area is 145 Å². The van der Waals surface area contributed by atoms with E-state index < -0.39 is 30.3 Å². The molecule has 1 aliphatic heterocycles. The Hall–Kier alpha value is -2.90. The number of imide groups is 2.